The summed E-state index contributed by atoms with van der Waals surface area (Å²) in [6.45, 7) is 1.69. The van der Waals surface area contributed by atoms with Crippen LogP contribution in [0.1, 0.15) is 5.69 Å². The van der Waals surface area contributed by atoms with Crippen LogP contribution in [0, 0.1) is 10.5 Å². The summed E-state index contributed by atoms with van der Waals surface area (Å²) in [6.07, 6.45) is 0. The molecule has 0 aliphatic rings. The molecule has 1 heterocycles. The van der Waals surface area contributed by atoms with Crippen molar-refractivity contribution in [1.29, 1.82) is 0 Å². The second-order valence-electron chi connectivity index (χ2n) is 3.83. The Morgan fingerprint density at radius 2 is 1.79 bits per heavy atom. The van der Waals surface area contributed by atoms with Crippen LogP contribution in [0.15, 0.2) is 41.3 Å². The van der Waals surface area contributed by atoms with Gasteiger partial charge < -0.3 is 0 Å². The van der Waals surface area contributed by atoms with Crippen LogP contribution in [-0.4, -0.2) is 13.4 Å². The van der Waals surface area contributed by atoms with E-state index in [1.807, 2.05) is 0 Å². The summed E-state index contributed by atoms with van der Waals surface area (Å²) in [7, 11) is -3.60. The third-order valence-corrected chi connectivity index (χ3v) is 4.73. The zero-order chi connectivity index (χ0) is 14.0. The Kier molecular flexibility index (Phi) is 4.32. The summed E-state index contributed by atoms with van der Waals surface area (Å²) in [5, 5.41) is 0.328. The molecule has 0 saturated carbocycles. The second-order valence-corrected chi connectivity index (χ2v) is 7.14. The van der Waals surface area contributed by atoms with Crippen molar-refractivity contribution in [1.82, 2.24) is 4.98 Å². The molecule has 7 heteroatoms. The Bertz CT molecular complexity index is 702. The summed E-state index contributed by atoms with van der Waals surface area (Å²) >= 11 is 7.85. The van der Waals surface area contributed by atoms with Crippen LogP contribution in [0.3, 0.4) is 0 Å². The standard InChI is InChI=1S/C12H10ClIN2O2S/c1-8-11(6-7-12(13)15-8)16-19(17,18)10-4-2-9(14)3-5-10/h2-7,16H,1H3. The van der Waals surface area contributed by atoms with Gasteiger partial charge in [-0.15, -0.1) is 0 Å². The fourth-order valence-electron chi connectivity index (χ4n) is 1.46. The summed E-state index contributed by atoms with van der Waals surface area (Å²) in [5.41, 5.74) is 0.949. The number of nitrogens with one attached hydrogen (secondary N) is 1. The van der Waals surface area contributed by atoms with E-state index in [2.05, 4.69) is 32.3 Å². The maximum absolute atomic E-state index is 12.2. The fraction of sp³-hybridized carbons (Fsp3) is 0.0833. The number of sulfonamides is 1. The lowest BCUT2D eigenvalue weighted by molar-refractivity contribution is 0.601. The molecule has 2 rings (SSSR count). The van der Waals surface area contributed by atoms with Crippen LogP contribution in [-0.2, 0) is 10.0 Å². The molecule has 2 aromatic rings. The van der Waals surface area contributed by atoms with Crippen molar-refractivity contribution in [3.8, 4) is 0 Å². The zero-order valence-electron chi connectivity index (χ0n) is 9.89. The smallest absolute Gasteiger partial charge is 0.261 e. The van der Waals surface area contributed by atoms with E-state index in [1.165, 1.54) is 0 Å². The number of anilines is 1. The predicted octanol–water partition coefficient (Wildman–Crippen LogP) is 3.45. The van der Waals surface area contributed by atoms with Gasteiger partial charge in [0.2, 0.25) is 0 Å². The third kappa shape index (κ3) is 3.58. The average molecular weight is 409 g/mol. The van der Waals surface area contributed by atoms with Gasteiger partial charge in [-0.05, 0) is 65.9 Å². The first kappa shape index (κ1) is 14.5. The van der Waals surface area contributed by atoms with E-state index < -0.39 is 10.0 Å². The molecule has 0 aliphatic carbocycles. The van der Waals surface area contributed by atoms with Crippen LogP contribution < -0.4 is 4.72 Å². The first-order valence-corrected chi connectivity index (χ1v) is 8.24. The van der Waals surface area contributed by atoms with E-state index in [9.17, 15) is 8.42 Å². The van der Waals surface area contributed by atoms with E-state index in [0.29, 0.717) is 16.5 Å². The molecule has 4 nitrogen and oxygen atoms in total. The minimum atomic E-state index is -3.60. The van der Waals surface area contributed by atoms with Gasteiger partial charge in [-0.2, -0.15) is 0 Å². The van der Waals surface area contributed by atoms with Gasteiger partial charge in [0.1, 0.15) is 5.15 Å². The lowest BCUT2D eigenvalue weighted by Gasteiger charge is -2.10. The van der Waals surface area contributed by atoms with Crippen molar-refractivity contribution in [3.05, 3.63) is 50.8 Å². The van der Waals surface area contributed by atoms with E-state index in [4.69, 9.17) is 11.6 Å². The fourth-order valence-corrected chi connectivity index (χ4v) is 3.12. The van der Waals surface area contributed by atoms with Crippen molar-refractivity contribution < 1.29 is 8.42 Å². The topological polar surface area (TPSA) is 59.1 Å². The van der Waals surface area contributed by atoms with E-state index >= 15 is 0 Å². The highest BCUT2D eigenvalue weighted by atomic mass is 127. The number of halogens is 2. The zero-order valence-corrected chi connectivity index (χ0v) is 13.6. The molecule has 19 heavy (non-hydrogen) atoms. The third-order valence-electron chi connectivity index (χ3n) is 2.42. The molecule has 0 spiro atoms. The van der Waals surface area contributed by atoms with Gasteiger partial charge in [0.25, 0.3) is 10.0 Å². The predicted molar refractivity (Wildman–Crippen MR) is 84.0 cm³/mol. The summed E-state index contributed by atoms with van der Waals surface area (Å²) in [4.78, 5) is 4.21. The Labute approximate surface area is 130 Å². The van der Waals surface area contributed by atoms with Gasteiger partial charge >= 0.3 is 0 Å². The second kappa shape index (κ2) is 5.64. The maximum Gasteiger partial charge on any atom is 0.261 e. The number of benzene rings is 1. The number of rotatable bonds is 3. The summed E-state index contributed by atoms with van der Waals surface area (Å²) in [6, 6.07) is 9.73. The highest BCUT2D eigenvalue weighted by Gasteiger charge is 2.15. The highest BCUT2D eigenvalue weighted by molar-refractivity contribution is 14.1. The number of aromatic nitrogens is 1. The minimum absolute atomic E-state index is 0.210. The number of aryl methyl sites for hydroxylation is 1. The number of nitrogens with zero attached hydrogens (tertiary/aromatic N) is 1. The van der Waals surface area contributed by atoms with Gasteiger partial charge in [-0.3, -0.25) is 4.72 Å². The average Bonchev–Trinajstić information content (AvgIpc) is 2.33. The number of hydrogen-bond acceptors (Lipinski definition) is 3. The molecule has 100 valence electrons. The molecule has 0 saturated heterocycles. The van der Waals surface area contributed by atoms with Crippen molar-refractivity contribution in [2.45, 2.75) is 11.8 Å². The number of pyridine rings is 1. The van der Waals surface area contributed by atoms with Gasteiger partial charge in [0.05, 0.1) is 16.3 Å². The van der Waals surface area contributed by atoms with Crippen LogP contribution >= 0.6 is 34.2 Å². The quantitative estimate of drug-likeness (QED) is 0.625. The first-order valence-electron chi connectivity index (χ1n) is 5.30. The van der Waals surface area contributed by atoms with E-state index in [-0.39, 0.29) is 4.90 Å². The van der Waals surface area contributed by atoms with Gasteiger partial charge in [-0.25, -0.2) is 13.4 Å². The molecule has 1 N–H and O–H groups in total. The molecule has 0 aliphatic heterocycles. The first-order chi connectivity index (χ1) is 8.88. The van der Waals surface area contributed by atoms with Crippen molar-refractivity contribution in [2.24, 2.45) is 0 Å². The molecular formula is C12H10ClIN2O2S. The normalized spacial score (nSPS) is 11.3. The van der Waals surface area contributed by atoms with Crippen LogP contribution in [0.2, 0.25) is 5.15 Å². The van der Waals surface area contributed by atoms with Gasteiger partial charge in [0, 0.05) is 3.57 Å². The molecule has 0 fully saturated rings. The highest BCUT2D eigenvalue weighted by Crippen LogP contribution is 2.20. The Balaban J connectivity index is 2.33. The van der Waals surface area contributed by atoms with E-state index in [1.54, 1.807) is 43.3 Å². The monoisotopic (exact) mass is 408 g/mol. The van der Waals surface area contributed by atoms with Crippen LogP contribution in [0.25, 0.3) is 0 Å². The molecule has 1 aromatic heterocycles. The van der Waals surface area contributed by atoms with Crippen LogP contribution in [0.5, 0.6) is 0 Å². The SMILES string of the molecule is Cc1nc(Cl)ccc1NS(=O)(=O)c1ccc(I)cc1. The Hall–Kier alpha value is -0.860. The molecule has 1 aromatic carbocycles. The molecule has 0 atom stereocenters. The Morgan fingerprint density at radius 1 is 1.16 bits per heavy atom. The Morgan fingerprint density at radius 3 is 2.37 bits per heavy atom. The maximum atomic E-state index is 12.2. The van der Waals surface area contributed by atoms with Crippen molar-refractivity contribution >= 4 is 49.9 Å². The molecule has 0 radical (unpaired) electrons. The lowest BCUT2D eigenvalue weighted by Crippen LogP contribution is -2.14. The van der Waals surface area contributed by atoms with Gasteiger partial charge in [0.15, 0.2) is 0 Å². The van der Waals surface area contributed by atoms with Gasteiger partial charge in [-0.1, -0.05) is 11.6 Å². The molecule has 0 bridgehead atoms. The van der Waals surface area contributed by atoms with E-state index in [0.717, 1.165) is 3.57 Å². The summed E-state index contributed by atoms with van der Waals surface area (Å²) in [5.74, 6) is 0. The summed E-state index contributed by atoms with van der Waals surface area (Å²) < 4.78 is 27.8. The van der Waals surface area contributed by atoms with Crippen molar-refractivity contribution in [2.75, 3.05) is 4.72 Å². The largest absolute Gasteiger partial charge is 0.278 e. The van der Waals surface area contributed by atoms with Crippen molar-refractivity contribution in [3.63, 3.8) is 0 Å². The van der Waals surface area contributed by atoms with Crippen LogP contribution in [0.4, 0.5) is 5.69 Å². The molecule has 0 amide bonds. The molecule has 0 unspecified atom stereocenters. The number of hydrogen-bond donors (Lipinski definition) is 1. The lowest BCUT2D eigenvalue weighted by atomic mass is 10.3. The minimum Gasteiger partial charge on any atom is -0.278 e. The molecular weight excluding hydrogens is 399 g/mol.